The smallest absolute Gasteiger partial charge is 0.270 e. The average molecular weight is 373 g/mol. The van der Waals surface area contributed by atoms with Crippen LogP contribution in [0.1, 0.15) is 15.9 Å². The topological polar surface area (TPSA) is 182 Å². The van der Waals surface area contributed by atoms with Crippen LogP contribution in [-0.2, 0) is 4.79 Å². The maximum Gasteiger partial charge on any atom is 0.270 e. The minimum absolute atomic E-state index is 0.119. The molecular formula is C15H23N3O8. The molecule has 0 saturated heterocycles. The van der Waals surface area contributed by atoms with E-state index in [0.29, 0.717) is 12.0 Å². The molecule has 6 N–H and O–H groups in total. The number of non-ortho nitro benzene ring substituents is 1. The summed E-state index contributed by atoms with van der Waals surface area (Å²) in [6.07, 6.45) is 0.442. The van der Waals surface area contributed by atoms with Crippen molar-refractivity contribution in [1.29, 1.82) is 0 Å². The second-order valence-electron chi connectivity index (χ2n) is 5.20. The molecule has 0 aromatic heterocycles. The van der Waals surface area contributed by atoms with E-state index < -0.39 is 36.1 Å². The van der Waals surface area contributed by atoms with Gasteiger partial charge in [0.15, 0.2) is 0 Å². The van der Waals surface area contributed by atoms with E-state index >= 15 is 0 Å². The van der Waals surface area contributed by atoms with Crippen LogP contribution < -0.4 is 10.6 Å². The van der Waals surface area contributed by atoms with E-state index in [2.05, 4.69) is 10.6 Å². The van der Waals surface area contributed by atoms with Crippen LogP contribution in [0, 0.1) is 17.0 Å². The summed E-state index contributed by atoms with van der Waals surface area (Å²) in [6, 6.07) is 2.71. The van der Waals surface area contributed by atoms with Crippen molar-refractivity contribution >= 4 is 18.0 Å². The Kier molecular flexibility index (Phi) is 11.4. The van der Waals surface area contributed by atoms with Crippen LogP contribution in [0.3, 0.4) is 0 Å². The summed E-state index contributed by atoms with van der Waals surface area (Å²) in [5, 5.41) is 49.4. The summed E-state index contributed by atoms with van der Waals surface area (Å²) < 4.78 is 0. The standard InChI is InChI=1S/C11H14N2O5.C4H9NO3/c1-7-2-8(4-10(3-7)13(17)18)11(16)12-9(5-14)6-15;6-1-4(2-7)5-3-8/h2-4,9,14-15H,5-6H2,1H3,(H,12,16);3-4,6-7H,1-2H2,(H,5,8). The largest absolute Gasteiger partial charge is 0.394 e. The number of aliphatic hydroxyl groups is 4. The monoisotopic (exact) mass is 373 g/mol. The van der Waals surface area contributed by atoms with Gasteiger partial charge in [-0.25, -0.2) is 0 Å². The molecule has 2 amide bonds. The van der Waals surface area contributed by atoms with Gasteiger partial charge in [-0.15, -0.1) is 0 Å². The molecule has 1 aromatic carbocycles. The fourth-order valence-electron chi connectivity index (χ4n) is 1.68. The Balaban J connectivity index is 0.000000660. The van der Waals surface area contributed by atoms with Crippen molar-refractivity contribution < 1.29 is 34.9 Å². The van der Waals surface area contributed by atoms with E-state index in [1.807, 2.05) is 0 Å². The molecule has 0 bridgehead atoms. The van der Waals surface area contributed by atoms with E-state index in [-0.39, 0.29) is 24.5 Å². The summed E-state index contributed by atoms with van der Waals surface area (Å²) in [5.41, 5.74) is 0.525. The Morgan fingerprint density at radius 2 is 1.65 bits per heavy atom. The number of carbonyl (C=O) groups excluding carboxylic acids is 2. The lowest BCUT2D eigenvalue weighted by atomic mass is 10.1. The van der Waals surface area contributed by atoms with Crippen LogP contribution in [0.4, 0.5) is 5.69 Å². The van der Waals surface area contributed by atoms with Crippen molar-refractivity contribution in [3.63, 3.8) is 0 Å². The van der Waals surface area contributed by atoms with E-state index in [0.717, 1.165) is 6.07 Å². The second-order valence-corrected chi connectivity index (χ2v) is 5.20. The van der Waals surface area contributed by atoms with E-state index in [9.17, 15) is 19.7 Å². The Labute approximate surface area is 149 Å². The maximum absolute atomic E-state index is 11.7. The molecule has 0 spiro atoms. The molecule has 0 aliphatic heterocycles. The van der Waals surface area contributed by atoms with Crippen molar-refractivity contribution in [2.75, 3.05) is 26.4 Å². The van der Waals surface area contributed by atoms with Gasteiger partial charge in [-0.2, -0.15) is 0 Å². The fraction of sp³-hybridized carbons (Fsp3) is 0.467. The fourth-order valence-corrected chi connectivity index (χ4v) is 1.68. The lowest BCUT2D eigenvalue weighted by Crippen LogP contribution is -2.40. The average Bonchev–Trinajstić information content (AvgIpc) is 2.63. The number of aliphatic hydroxyl groups excluding tert-OH is 4. The van der Waals surface area contributed by atoms with Gasteiger partial charge < -0.3 is 31.1 Å². The first-order valence-electron chi connectivity index (χ1n) is 7.52. The van der Waals surface area contributed by atoms with Gasteiger partial charge >= 0.3 is 0 Å². The van der Waals surface area contributed by atoms with Crippen molar-refractivity contribution in [2.45, 2.75) is 19.0 Å². The third-order valence-corrected chi connectivity index (χ3v) is 3.06. The molecule has 146 valence electrons. The molecule has 11 heteroatoms. The molecule has 0 radical (unpaired) electrons. The summed E-state index contributed by atoms with van der Waals surface area (Å²) in [4.78, 5) is 31.4. The Morgan fingerprint density at radius 3 is 2.04 bits per heavy atom. The molecule has 0 unspecified atom stereocenters. The number of carbonyl (C=O) groups is 2. The predicted molar refractivity (Wildman–Crippen MR) is 90.4 cm³/mol. The summed E-state index contributed by atoms with van der Waals surface area (Å²) in [7, 11) is 0. The van der Waals surface area contributed by atoms with E-state index in [4.69, 9.17) is 20.4 Å². The van der Waals surface area contributed by atoms with Crippen LogP contribution in [0.25, 0.3) is 0 Å². The highest BCUT2D eigenvalue weighted by Gasteiger charge is 2.16. The molecule has 26 heavy (non-hydrogen) atoms. The van der Waals surface area contributed by atoms with Crippen molar-refractivity contribution in [3.8, 4) is 0 Å². The van der Waals surface area contributed by atoms with E-state index in [1.54, 1.807) is 6.92 Å². The Bertz CT molecular complexity index is 588. The minimum Gasteiger partial charge on any atom is -0.394 e. The molecule has 0 heterocycles. The first kappa shape index (κ1) is 23.4. The van der Waals surface area contributed by atoms with Gasteiger partial charge in [0.05, 0.1) is 43.4 Å². The highest BCUT2D eigenvalue weighted by atomic mass is 16.6. The molecule has 0 aliphatic carbocycles. The maximum atomic E-state index is 11.7. The molecule has 0 fully saturated rings. The zero-order valence-corrected chi connectivity index (χ0v) is 14.2. The molecule has 0 saturated carbocycles. The molecule has 11 nitrogen and oxygen atoms in total. The van der Waals surface area contributed by atoms with Crippen LogP contribution in [0.2, 0.25) is 0 Å². The van der Waals surface area contributed by atoms with Crippen LogP contribution in [0.15, 0.2) is 18.2 Å². The number of hydrogen-bond acceptors (Lipinski definition) is 8. The van der Waals surface area contributed by atoms with Crippen molar-refractivity contribution in [1.82, 2.24) is 10.6 Å². The SMILES string of the molecule is Cc1cc(C(=O)NC(CO)CO)cc([N+](=O)[O-])c1.O=CNC(CO)CO. The summed E-state index contributed by atoms with van der Waals surface area (Å²) in [5.74, 6) is -0.574. The predicted octanol–water partition coefficient (Wildman–Crippen LogP) is -1.93. The molecule has 0 aliphatic rings. The van der Waals surface area contributed by atoms with Gasteiger partial charge in [-0.1, -0.05) is 0 Å². The number of nitro groups is 1. The third-order valence-electron chi connectivity index (χ3n) is 3.06. The van der Waals surface area contributed by atoms with Crippen LogP contribution >= 0.6 is 0 Å². The number of rotatable bonds is 9. The lowest BCUT2D eigenvalue weighted by molar-refractivity contribution is -0.384. The second kappa shape index (κ2) is 12.7. The quantitative estimate of drug-likeness (QED) is 0.164. The molecule has 1 aromatic rings. The summed E-state index contributed by atoms with van der Waals surface area (Å²) >= 11 is 0. The molecule has 0 atom stereocenters. The normalized spacial score (nSPS) is 10.1. The van der Waals surface area contributed by atoms with Gasteiger partial charge in [-0.3, -0.25) is 19.7 Å². The first-order chi connectivity index (χ1) is 12.3. The zero-order valence-electron chi connectivity index (χ0n) is 14.2. The number of aryl methyl sites for hydroxylation is 1. The van der Waals surface area contributed by atoms with Crippen molar-refractivity contribution in [3.05, 3.63) is 39.4 Å². The zero-order chi connectivity index (χ0) is 20.1. The lowest BCUT2D eigenvalue weighted by Gasteiger charge is -2.13. The van der Waals surface area contributed by atoms with Gasteiger partial charge in [-0.05, 0) is 18.6 Å². The molecule has 1 rings (SSSR count). The number of amides is 2. The van der Waals surface area contributed by atoms with E-state index in [1.165, 1.54) is 12.1 Å². The Morgan fingerprint density at radius 1 is 1.12 bits per heavy atom. The Hall–Kier alpha value is -2.60. The minimum atomic E-state index is -0.780. The van der Waals surface area contributed by atoms with Crippen molar-refractivity contribution in [2.24, 2.45) is 0 Å². The van der Waals surface area contributed by atoms with Crippen LogP contribution in [0.5, 0.6) is 0 Å². The number of hydrogen-bond donors (Lipinski definition) is 6. The highest BCUT2D eigenvalue weighted by molar-refractivity contribution is 5.95. The third kappa shape index (κ3) is 8.48. The van der Waals surface area contributed by atoms with Crippen LogP contribution in [-0.4, -0.2) is 76.2 Å². The van der Waals surface area contributed by atoms with Gasteiger partial charge in [0, 0.05) is 17.7 Å². The van der Waals surface area contributed by atoms with Gasteiger partial charge in [0.25, 0.3) is 11.6 Å². The van der Waals surface area contributed by atoms with Gasteiger partial charge in [0.1, 0.15) is 0 Å². The number of nitrogens with zero attached hydrogens (tertiary/aromatic N) is 1. The number of nitro benzene ring substituents is 1. The summed E-state index contributed by atoms with van der Waals surface area (Å²) in [6.45, 7) is 0.371. The molecular weight excluding hydrogens is 350 g/mol. The first-order valence-corrected chi connectivity index (χ1v) is 7.52. The highest BCUT2D eigenvalue weighted by Crippen LogP contribution is 2.16. The number of benzene rings is 1. The van der Waals surface area contributed by atoms with Gasteiger partial charge in [0.2, 0.25) is 6.41 Å². The number of nitrogens with one attached hydrogen (secondary N) is 2.